The molecule has 2 unspecified atom stereocenters. The minimum atomic E-state index is -4.40. The Labute approximate surface area is 190 Å². The zero-order valence-electron chi connectivity index (χ0n) is 16.8. The Hall–Kier alpha value is -1.11. The molecule has 1 aliphatic carbocycles. The first-order valence-electron chi connectivity index (χ1n) is 9.48. The van der Waals surface area contributed by atoms with Crippen molar-refractivity contribution in [2.45, 2.75) is 64.2 Å². The van der Waals surface area contributed by atoms with E-state index in [-0.39, 0.29) is 47.9 Å². The van der Waals surface area contributed by atoms with Gasteiger partial charge in [-0.25, -0.2) is 4.98 Å². The second-order valence-electron chi connectivity index (χ2n) is 7.24. The van der Waals surface area contributed by atoms with E-state index in [4.69, 9.17) is 0 Å². The van der Waals surface area contributed by atoms with Gasteiger partial charge in [0.05, 0.1) is 5.01 Å². The molecular weight excluding hydrogens is 518 g/mol. The van der Waals surface area contributed by atoms with Crippen LogP contribution < -0.4 is 16.0 Å². The lowest BCUT2D eigenvalue weighted by Crippen LogP contribution is -2.47. The van der Waals surface area contributed by atoms with Crippen molar-refractivity contribution >= 4 is 47.2 Å². The maximum absolute atomic E-state index is 12.6. The third-order valence-electron chi connectivity index (χ3n) is 4.51. The number of nitrogens with zero attached hydrogens (tertiary/aromatic N) is 2. The van der Waals surface area contributed by atoms with Crippen molar-refractivity contribution < 1.29 is 18.0 Å². The van der Waals surface area contributed by atoms with Gasteiger partial charge in [-0.1, -0.05) is 6.42 Å². The minimum Gasteiger partial charge on any atom is -0.356 e. The maximum Gasteiger partial charge on any atom is 0.434 e. The summed E-state index contributed by atoms with van der Waals surface area (Å²) in [6.07, 6.45) is -0.489. The Kier molecular flexibility index (Phi) is 10.7. The molecule has 1 saturated carbocycles. The third-order valence-corrected chi connectivity index (χ3v) is 5.42. The Morgan fingerprint density at radius 1 is 1.38 bits per heavy atom. The van der Waals surface area contributed by atoms with E-state index in [0.717, 1.165) is 42.4 Å². The summed E-state index contributed by atoms with van der Waals surface area (Å²) in [5.74, 6) is 0.666. The molecule has 11 heteroatoms. The van der Waals surface area contributed by atoms with Crippen molar-refractivity contribution in [1.29, 1.82) is 0 Å². The summed E-state index contributed by atoms with van der Waals surface area (Å²) < 4.78 is 37.8. The number of aliphatic imine (C=N–C) groups is 1. The average Bonchev–Trinajstić information content (AvgIpc) is 3.10. The summed E-state index contributed by atoms with van der Waals surface area (Å²) in [5, 5.41) is 10.9. The Balaban J connectivity index is 0.00000420. The van der Waals surface area contributed by atoms with Gasteiger partial charge in [0.1, 0.15) is 0 Å². The lowest BCUT2D eigenvalue weighted by molar-refractivity contribution is -0.140. The number of carbonyl (C=O) groups excluding carboxylic acids is 1. The smallest absolute Gasteiger partial charge is 0.356 e. The molecule has 0 spiro atoms. The van der Waals surface area contributed by atoms with E-state index < -0.39 is 11.9 Å². The van der Waals surface area contributed by atoms with E-state index in [1.54, 1.807) is 7.05 Å². The fraction of sp³-hybridized carbons (Fsp3) is 0.722. The fourth-order valence-electron chi connectivity index (χ4n) is 3.19. The van der Waals surface area contributed by atoms with Crippen molar-refractivity contribution in [1.82, 2.24) is 20.9 Å². The van der Waals surface area contributed by atoms with Crippen LogP contribution in [0.25, 0.3) is 0 Å². The zero-order valence-corrected chi connectivity index (χ0v) is 20.0. The number of aromatic nitrogens is 1. The molecule has 2 rings (SSSR count). The molecule has 166 valence electrons. The molecule has 1 fully saturated rings. The van der Waals surface area contributed by atoms with Crippen LogP contribution in [-0.4, -0.2) is 42.5 Å². The van der Waals surface area contributed by atoms with Crippen molar-refractivity contribution in [3.05, 3.63) is 16.1 Å². The van der Waals surface area contributed by atoms with E-state index in [9.17, 15) is 18.0 Å². The molecule has 1 aromatic heterocycles. The van der Waals surface area contributed by atoms with E-state index in [1.165, 1.54) is 0 Å². The number of hydrogen-bond acceptors (Lipinski definition) is 4. The Morgan fingerprint density at radius 2 is 2.10 bits per heavy atom. The van der Waals surface area contributed by atoms with Crippen LogP contribution in [0.4, 0.5) is 13.2 Å². The number of guanidine groups is 1. The molecular formula is C18H29F3IN5OS. The first-order chi connectivity index (χ1) is 13.2. The highest BCUT2D eigenvalue weighted by Crippen LogP contribution is 2.30. The summed E-state index contributed by atoms with van der Waals surface area (Å²) >= 11 is 1.00. The van der Waals surface area contributed by atoms with Crippen LogP contribution in [0.15, 0.2) is 10.4 Å². The quantitative estimate of drug-likeness (QED) is 0.289. The molecule has 1 aromatic rings. The third kappa shape index (κ3) is 8.65. The Bertz CT molecular complexity index is 681. The minimum absolute atomic E-state index is 0. The number of rotatable bonds is 6. The molecule has 1 amide bonds. The first-order valence-corrected chi connectivity index (χ1v) is 10.4. The van der Waals surface area contributed by atoms with Gasteiger partial charge in [0, 0.05) is 43.4 Å². The number of alkyl halides is 3. The van der Waals surface area contributed by atoms with Crippen LogP contribution in [0, 0.1) is 5.92 Å². The molecule has 1 heterocycles. The summed E-state index contributed by atoms with van der Waals surface area (Å²) in [5.41, 5.74) is -0.845. The van der Waals surface area contributed by atoms with Crippen molar-refractivity contribution in [2.75, 3.05) is 13.6 Å². The summed E-state index contributed by atoms with van der Waals surface area (Å²) in [4.78, 5) is 20.0. The monoisotopic (exact) mass is 547 g/mol. The van der Waals surface area contributed by atoms with E-state index in [2.05, 4.69) is 25.9 Å². The van der Waals surface area contributed by atoms with Crippen LogP contribution in [-0.2, 0) is 17.4 Å². The number of hydrogen-bond donors (Lipinski definition) is 3. The van der Waals surface area contributed by atoms with Gasteiger partial charge < -0.3 is 16.0 Å². The van der Waals surface area contributed by atoms with Crippen molar-refractivity contribution in [3.63, 3.8) is 0 Å². The lowest BCUT2D eigenvalue weighted by atomic mass is 9.85. The van der Waals surface area contributed by atoms with Crippen LogP contribution in [0.1, 0.15) is 50.2 Å². The maximum atomic E-state index is 12.6. The summed E-state index contributed by atoms with van der Waals surface area (Å²) in [6, 6.07) is 0.263. The normalized spacial score (nSPS) is 20.2. The second-order valence-corrected chi connectivity index (χ2v) is 8.18. The Morgan fingerprint density at radius 3 is 2.69 bits per heavy atom. The van der Waals surface area contributed by atoms with E-state index in [1.807, 2.05) is 13.8 Å². The summed E-state index contributed by atoms with van der Waals surface area (Å²) in [7, 11) is 1.65. The predicted molar refractivity (Wildman–Crippen MR) is 120 cm³/mol. The first kappa shape index (κ1) is 25.9. The molecule has 0 aromatic carbocycles. The van der Waals surface area contributed by atoms with Gasteiger partial charge in [-0.05, 0) is 33.1 Å². The van der Waals surface area contributed by atoms with Gasteiger partial charge in [-0.3, -0.25) is 9.79 Å². The van der Waals surface area contributed by atoms with E-state index >= 15 is 0 Å². The highest BCUT2D eigenvalue weighted by atomic mass is 127. The topological polar surface area (TPSA) is 78.4 Å². The van der Waals surface area contributed by atoms with Crippen LogP contribution in [0.2, 0.25) is 0 Å². The largest absolute Gasteiger partial charge is 0.434 e. The number of halogens is 4. The molecule has 29 heavy (non-hydrogen) atoms. The van der Waals surface area contributed by atoms with Crippen LogP contribution in [0.5, 0.6) is 0 Å². The van der Waals surface area contributed by atoms with Gasteiger partial charge in [0.15, 0.2) is 11.7 Å². The highest BCUT2D eigenvalue weighted by molar-refractivity contribution is 14.0. The number of amides is 1. The van der Waals surface area contributed by atoms with Gasteiger partial charge in [-0.15, -0.1) is 35.3 Å². The predicted octanol–water partition coefficient (Wildman–Crippen LogP) is 3.57. The van der Waals surface area contributed by atoms with E-state index in [0.29, 0.717) is 23.9 Å². The number of nitrogens with one attached hydrogen (secondary N) is 3. The lowest BCUT2D eigenvalue weighted by Gasteiger charge is -2.30. The molecule has 3 N–H and O–H groups in total. The standard InChI is InChI=1S/C18H28F3N5OS.HI/c1-11(2)24-16(27)12-5-4-6-13(9-12)25-17(22-3)23-8-7-15-26-14(10-28-15)18(19,20)21;/h10-13H,4-9H2,1-3H3,(H,24,27)(H2,22,23,25);1H. The average molecular weight is 547 g/mol. The van der Waals surface area contributed by atoms with Crippen molar-refractivity contribution in [3.8, 4) is 0 Å². The van der Waals surface area contributed by atoms with Crippen LogP contribution >= 0.6 is 35.3 Å². The SMILES string of the molecule is CN=C(NCCc1nc(C(F)(F)F)cs1)NC1CCCC(C(=O)NC(C)C)C1.I. The molecule has 2 atom stereocenters. The van der Waals surface area contributed by atoms with Gasteiger partial charge in [0.2, 0.25) is 5.91 Å². The van der Waals surface area contributed by atoms with Crippen molar-refractivity contribution in [2.24, 2.45) is 10.9 Å². The molecule has 6 nitrogen and oxygen atoms in total. The van der Waals surface area contributed by atoms with Crippen LogP contribution in [0.3, 0.4) is 0 Å². The number of thiazole rings is 1. The molecule has 1 aliphatic rings. The second kappa shape index (κ2) is 11.9. The van der Waals surface area contributed by atoms with Gasteiger partial charge in [-0.2, -0.15) is 13.2 Å². The highest BCUT2D eigenvalue weighted by Gasteiger charge is 2.33. The molecule has 0 aliphatic heterocycles. The van der Waals surface area contributed by atoms with Gasteiger partial charge >= 0.3 is 6.18 Å². The molecule has 0 saturated heterocycles. The summed E-state index contributed by atoms with van der Waals surface area (Å²) in [6.45, 7) is 4.32. The van der Waals surface area contributed by atoms with Gasteiger partial charge in [0.25, 0.3) is 0 Å². The fourth-order valence-corrected chi connectivity index (χ4v) is 4.00. The molecule has 0 radical (unpaired) electrons. The molecule has 0 bridgehead atoms. The zero-order chi connectivity index (χ0) is 20.7. The number of carbonyl (C=O) groups is 1.